The van der Waals surface area contributed by atoms with Crippen molar-refractivity contribution in [2.45, 2.75) is 19.0 Å². The molecule has 1 aromatic carbocycles. The second-order valence-corrected chi connectivity index (χ2v) is 5.15. The normalized spacial score (nSPS) is 20.7. The molecular weight excluding hydrogens is 160 g/mol. The van der Waals surface area contributed by atoms with Gasteiger partial charge in [0.15, 0.2) is 0 Å². The van der Waals surface area contributed by atoms with E-state index in [0.29, 0.717) is 0 Å². The minimum atomic E-state index is 0.0790. The van der Waals surface area contributed by atoms with E-state index < -0.39 is 0 Å². The van der Waals surface area contributed by atoms with E-state index in [1.54, 1.807) is 5.56 Å². The Kier molecular flexibility index (Phi) is 1.89. The van der Waals surface area contributed by atoms with E-state index in [4.69, 9.17) is 0 Å². The van der Waals surface area contributed by atoms with Crippen LogP contribution in [0.3, 0.4) is 0 Å². The van der Waals surface area contributed by atoms with E-state index in [-0.39, 0.29) is 9.52 Å². The van der Waals surface area contributed by atoms with Crippen molar-refractivity contribution in [3.8, 4) is 0 Å². The molecule has 0 N–H and O–H groups in total. The van der Waals surface area contributed by atoms with Crippen molar-refractivity contribution in [2.24, 2.45) is 0 Å². The molecule has 1 aliphatic rings. The molecular formula is C11H14Si. The quantitative estimate of drug-likeness (QED) is 0.573. The number of aryl methyl sites for hydroxylation is 1. The van der Waals surface area contributed by atoms with Crippen molar-refractivity contribution in [1.82, 2.24) is 0 Å². The summed E-state index contributed by atoms with van der Waals surface area (Å²) in [5.41, 5.74) is 5.29. The van der Waals surface area contributed by atoms with Crippen LogP contribution in [0.4, 0.5) is 0 Å². The van der Waals surface area contributed by atoms with Crippen LogP contribution in [0.1, 0.15) is 22.2 Å². The molecule has 0 amide bonds. The molecule has 0 saturated carbocycles. The summed E-state index contributed by atoms with van der Waals surface area (Å²) in [6.45, 7) is 4.58. The molecule has 0 bridgehead atoms. The van der Waals surface area contributed by atoms with Gasteiger partial charge in [0, 0.05) is 9.52 Å². The SMILES string of the molecule is C[SiH2]C1C=Cc2c(C)cccc21. The van der Waals surface area contributed by atoms with Crippen molar-refractivity contribution in [1.29, 1.82) is 0 Å². The lowest BCUT2D eigenvalue weighted by Crippen LogP contribution is -1.99. The maximum atomic E-state index is 2.38. The van der Waals surface area contributed by atoms with Gasteiger partial charge in [-0.25, -0.2) is 0 Å². The van der Waals surface area contributed by atoms with Gasteiger partial charge in [0.2, 0.25) is 0 Å². The van der Waals surface area contributed by atoms with Crippen molar-refractivity contribution < 1.29 is 0 Å². The van der Waals surface area contributed by atoms with Gasteiger partial charge in [-0.2, -0.15) is 0 Å². The first-order valence-electron chi connectivity index (χ1n) is 4.60. The fraction of sp³-hybridized carbons (Fsp3) is 0.273. The molecule has 0 aliphatic heterocycles. The van der Waals surface area contributed by atoms with Crippen LogP contribution in [-0.4, -0.2) is 9.52 Å². The molecule has 0 nitrogen and oxygen atoms in total. The molecule has 12 heavy (non-hydrogen) atoms. The van der Waals surface area contributed by atoms with Crippen molar-refractivity contribution in [3.05, 3.63) is 41.0 Å². The number of hydrogen-bond acceptors (Lipinski definition) is 0. The molecule has 2 rings (SSSR count). The van der Waals surface area contributed by atoms with Crippen LogP contribution in [0.25, 0.3) is 6.08 Å². The van der Waals surface area contributed by atoms with Gasteiger partial charge in [0.05, 0.1) is 0 Å². The van der Waals surface area contributed by atoms with Crippen LogP contribution in [-0.2, 0) is 0 Å². The Morgan fingerprint density at radius 3 is 2.92 bits per heavy atom. The maximum Gasteiger partial charge on any atom is 0.0304 e. The molecule has 0 radical (unpaired) electrons. The lowest BCUT2D eigenvalue weighted by Gasteiger charge is -2.08. The summed E-state index contributed by atoms with van der Waals surface area (Å²) in [5, 5.41) is 0. The van der Waals surface area contributed by atoms with E-state index >= 15 is 0 Å². The molecule has 0 aromatic heterocycles. The Balaban J connectivity index is 2.52. The predicted octanol–water partition coefficient (Wildman–Crippen LogP) is 2.28. The zero-order valence-corrected chi connectivity index (χ0v) is 9.09. The smallest absolute Gasteiger partial charge is 0.0304 e. The first kappa shape index (κ1) is 7.81. The summed E-state index contributed by atoms with van der Waals surface area (Å²) in [7, 11) is 0.0790. The molecule has 1 aromatic rings. The molecule has 0 fully saturated rings. The van der Waals surface area contributed by atoms with Crippen LogP contribution >= 0.6 is 0 Å². The Morgan fingerprint density at radius 1 is 1.33 bits per heavy atom. The Hall–Kier alpha value is -0.823. The lowest BCUT2D eigenvalue weighted by atomic mass is 10.0. The van der Waals surface area contributed by atoms with Gasteiger partial charge >= 0.3 is 0 Å². The average Bonchev–Trinajstić information content (AvgIpc) is 2.49. The van der Waals surface area contributed by atoms with Crippen LogP contribution in [0.15, 0.2) is 24.3 Å². The third-order valence-corrected chi connectivity index (χ3v) is 4.28. The van der Waals surface area contributed by atoms with E-state index in [1.807, 2.05) is 0 Å². The van der Waals surface area contributed by atoms with Crippen LogP contribution < -0.4 is 0 Å². The molecule has 1 heteroatoms. The molecule has 0 saturated heterocycles. The third kappa shape index (κ3) is 1.05. The standard InChI is InChI=1S/C11H14Si/c1-8-4-3-5-10-9(8)6-7-11(10)12-2/h3-7,11H,12H2,1-2H3. The largest absolute Gasteiger partial charge is 0.0798 e. The summed E-state index contributed by atoms with van der Waals surface area (Å²) in [6.07, 6.45) is 4.68. The lowest BCUT2D eigenvalue weighted by molar-refractivity contribution is 1.21. The van der Waals surface area contributed by atoms with Gasteiger partial charge in [0.25, 0.3) is 0 Å². The van der Waals surface area contributed by atoms with E-state index in [2.05, 4.69) is 43.8 Å². The Morgan fingerprint density at radius 2 is 2.17 bits per heavy atom. The van der Waals surface area contributed by atoms with E-state index in [9.17, 15) is 0 Å². The average molecular weight is 174 g/mol. The number of benzene rings is 1. The van der Waals surface area contributed by atoms with Crippen LogP contribution in [0.2, 0.25) is 6.55 Å². The third-order valence-electron chi connectivity index (χ3n) is 2.69. The van der Waals surface area contributed by atoms with Crippen LogP contribution in [0.5, 0.6) is 0 Å². The molecule has 0 heterocycles. The second-order valence-electron chi connectivity index (χ2n) is 3.45. The second kappa shape index (κ2) is 2.90. The highest BCUT2D eigenvalue weighted by atomic mass is 28.2. The number of fused-ring (bicyclic) bond motifs is 1. The van der Waals surface area contributed by atoms with Crippen LogP contribution in [0, 0.1) is 6.92 Å². The first-order chi connectivity index (χ1) is 5.83. The summed E-state index contributed by atoms with van der Waals surface area (Å²) >= 11 is 0. The van der Waals surface area contributed by atoms with Crippen molar-refractivity contribution in [2.75, 3.05) is 0 Å². The van der Waals surface area contributed by atoms with E-state index in [0.717, 1.165) is 5.54 Å². The Bertz CT molecular complexity index is 326. The minimum Gasteiger partial charge on any atom is -0.0798 e. The molecule has 1 unspecified atom stereocenters. The monoisotopic (exact) mass is 174 g/mol. The Labute approximate surface area is 76.1 Å². The topological polar surface area (TPSA) is 0 Å². The molecule has 62 valence electrons. The van der Waals surface area contributed by atoms with Gasteiger partial charge in [0.1, 0.15) is 0 Å². The summed E-state index contributed by atoms with van der Waals surface area (Å²) < 4.78 is 0. The predicted molar refractivity (Wildman–Crippen MR) is 57.4 cm³/mol. The fourth-order valence-corrected chi connectivity index (χ4v) is 3.13. The van der Waals surface area contributed by atoms with Gasteiger partial charge in [-0.05, 0) is 29.2 Å². The fourth-order valence-electron chi connectivity index (χ4n) is 1.93. The number of hydrogen-bond donors (Lipinski definition) is 0. The maximum absolute atomic E-state index is 2.38. The summed E-state index contributed by atoms with van der Waals surface area (Å²) in [4.78, 5) is 0. The van der Waals surface area contributed by atoms with Crippen molar-refractivity contribution >= 4 is 15.6 Å². The summed E-state index contributed by atoms with van der Waals surface area (Å²) in [6, 6.07) is 6.66. The van der Waals surface area contributed by atoms with E-state index in [1.165, 1.54) is 11.1 Å². The van der Waals surface area contributed by atoms with Gasteiger partial charge < -0.3 is 0 Å². The highest BCUT2D eigenvalue weighted by Gasteiger charge is 2.15. The highest BCUT2D eigenvalue weighted by Crippen LogP contribution is 2.30. The van der Waals surface area contributed by atoms with Gasteiger partial charge in [-0.3, -0.25) is 0 Å². The molecule has 1 aliphatic carbocycles. The van der Waals surface area contributed by atoms with Gasteiger partial charge in [-0.1, -0.05) is 36.9 Å². The zero-order valence-electron chi connectivity index (χ0n) is 7.67. The molecule has 0 spiro atoms. The zero-order chi connectivity index (χ0) is 8.55. The number of allylic oxidation sites excluding steroid dienone is 1. The highest BCUT2D eigenvalue weighted by molar-refractivity contribution is 6.37. The van der Waals surface area contributed by atoms with Crippen molar-refractivity contribution in [3.63, 3.8) is 0 Å². The minimum absolute atomic E-state index is 0.0790. The van der Waals surface area contributed by atoms with Gasteiger partial charge in [-0.15, -0.1) is 0 Å². The first-order valence-corrected chi connectivity index (χ1v) is 6.83. The number of rotatable bonds is 1. The summed E-state index contributed by atoms with van der Waals surface area (Å²) in [5.74, 6) is 0. The molecule has 1 atom stereocenters.